The van der Waals surface area contributed by atoms with Gasteiger partial charge in [0.2, 0.25) is 5.71 Å². The molecule has 0 spiro atoms. The standard InChI is InChI=1S/C74H61N3O3Si2/c1-46-16-13-18-48(40-46)74(49-19-14-17-47(2)41-49)63-42-52(76(50-25-32-55(33-26-50)81(3,4)5)53-29-37-59-60-22-15-39-75-73(60)80-69(59)43-53)31-38-61(63)70-64(74)45-65(72-71(70)62-21-10-12-24-67(62)79-72)77(51-27-34-56(35-28-51)82(6,7)8)54-30-36-58-57-20-9-11-23-66(57)78-68(58)44-54/h9-45H,1-8H3. The largest absolute Gasteiger partial charge is 0.456 e. The molecule has 6 nitrogen and oxygen atoms in total. The first kappa shape index (κ1) is 49.8. The van der Waals surface area contributed by atoms with E-state index in [1.807, 2.05) is 12.1 Å². The Morgan fingerprint density at radius 2 is 0.902 bits per heavy atom. The van der Waals surface area contributed by atoms with Crippen LogP contribution in [0.3, 0.4) is 0 Å². The van der Waals surface area contributed by atoms with Crippen molar-refractivity contribution in [2.75, 3.05) is 9.80 Å². The van der Waals surface area contributed by atoms with E-state index in [2.05, 4.69) is 274 Å². The molecule has 4 heterocycles. The fraction of sp³-hybridized carbons (Fsp3) is 0.122. The lowest BCUT2D eigenvalue weighted by Crippen LogP contribution is -2.37. The topological polar surface area (TPSA) is 58.8 Å². The quantitative estimate of drug-likeness (QED) is 0.127. The van der Waals surface area contributed by atoms with Crippen molar-refractivity contribution >= 4 is 127 Å². The van der Waals surface area contributed by atoms with Crippen LogP contribution in [0.4, 0.5) is 34.1 Å². The van der Waals surface area contributed by atoms with Crippen LogP contribution in [0.1, 0.15) is 33.4 Å². The molecule has 14 aromatic rings. The van der Waals surface area contributed by atoms with E-state index in [9.17, 15) is 0 Å². The minimum atomic E-state index is -1.67. The van der Waals surface area contributed by atoms with Crippen molar-refractivity contribution in [3.05, 3.63) is 258 Å². The zero-order valence-electron chi connectivity index (χ0n) is 47.4. The summed E-state index contributed by atoms with van der Waals surface area (Å²) in [6.45, 7) is 18.9. The van der Waals surface area contributed by atoms with Gasteiger partial charge < -0.3 is 23.1 Å². The Hall–Kier alpha value is -9.22. The lowest BCUT2D eigenvalue weighted by molar-refractivity contribution is 0.654. The van der Waals surface area contributed by atoms with Crippen LogP contribution >= 0.6 is 0 Å². The normalized spacial score (nSPS) is 13.2. The summed E-state index contributed by atoms with van der Waals surface area (Å²) < 4.78 is 20.6. The molecule has 0 atom stereocenters. The van der Waals surface area contributed by atoms with Gasteiger partial charge in [-0.05, 0) is 138 Å². The molecule has 0 aliphatic heterocycles. The summed E-state index contributed by atoms with van der Waals surface area (Å²) in [6, 6.07) is 80.9. The van der Waals surface area contributed by atoms with Crippen LogP contribution in [0.5, 0.6) is 0 Å². The smallest absolute Gasteiger partial charge is 0.227 e. The van der Waals surface area contributed by atoms with E-state index in [4.69, 9.17) is 13.3 Å². The lowest BCUT2D eigenvalue weighted by Gasteiger charge is -2.36. The zero-order chi connectivity index (χ0) is 55.8. The maximum atomic E-state index is 7.37. The van der Waals surface area contributed by atoms with Gasteiger partial charge in [-0.3, -0.25) is 0 Å². The van der Waals surface area contributed by atoms with E-state index in [1.54, 1.807) is 6.20 Å². The number of aryl methyl sites for hydroxylation is 2. The molecule has 82 heavy (non-hydrogen) atoms. The molecule has 0 N–H and O–H groups in total. The third-order valence-corrected chi connectivity index (χ3v) is 21.3. The van der Waals surface area contributed by atoms with Gasteiger partial charge >= 0.3 is 0 Å². The van der Waals surface area contributed by atoms with E-state index in [0.29, 0.717) is 5.71 Å². The van der Waals surface area contributed by atoms with Crippen LogP contribution < -0.4 is 20.2 Å². The number of hydrogen-bond donors (Lipinski definition) is 0. The summed E-state index contributed by atoms with van der Waals surface area (Å²) in [5, 5.41) is 9.16. The van der Waals surface area contributed by atoms with Crippen LogP contribution in [0, 0.1) is 13.8 Å². The number of anilines is 6. The number of nitrogens with zero attached hydrogens (tertiary/aromatic N) is 3. The minimum Gasteiger partial charge on any atom is -0.456 e. The molecule has 0 saturated heterocycles. The van der Waals surface area contributed by atoms with Gasteiger partial charge in [-0.25, -0.2) is 4.98 Å². The molecule has 398 valence electrons. The van der Waals surface area contributed by atoms with Gasteiger partial charge in [0.25, 0.3) is 0 Å². The van der Waals surface area contributed by atoms with Crippen LogP contribution in [-0.4, -0.2) is 21.1 Å². The first-order valence-electron chi connectivity index (χ1n) is 28.5. The van der Waals surface area contributed by atoms with Gasteiger partial charge in [0.15, 0.2) is 5.58 Å². The Labute approximate surface area is 479 Å². The average Bonchev–Trinajstić information content (AvgIpc) is 1.65. The SMILES string of the molecule is Cc1cccc(C2(c3cccc(C)c3)c3cc(N(c4ccc([Si](C)(C)C)cc4)c4ccc5c(c4)oc4ncccc45)ccc3-c3c2cc(N(c2ccc([Si](C)(C)C)cc2)c2ccc4c(c2)oc2ccccc24)c2oc4ccccc4c32)c1. The van der Waals surface area contributed by atoms with Crippen molar-refractivity contribution in [3.8, 4) is 11.1 Å². The first-order valence-corrected chi connectivity index (χ1v) is 35.5. The van der Waals surface area contributed by atoms with Crippen molar-refractivity contribution in [2.24, 2.45) is 0 Å². The number of para-hydroxylation sites is 2. The highest BCUT2D eigenvalue weighted by atomic mass is 28.3. The predicted octanol–water partition coefficient (Wildman–Crippen LogP) is 19.8. The van der Waals surface area contributed by atoms with Crippen LogP contribution in [-0.2, 0) is 5.41 Å². The Balaban J connectivity index is 1.05. The van der Waals surface area contributed by atoms with E-state index in [1.165, 1.54) is 43.8 Å². The van der Waals surface area contributed by atoms with Gasteiger partial charge in [0.05, 0.1) is 32.9 Å². The summed E-state index contributed by atoms with van der Waals surface area (Å²) in [6.07, 6.45) is 1.79. The van der Waals surface area contributed by atoms with E-state index in [0.717, 1.165) is 105 Å². The summed E-state index contributed by atoms with van der Waals surface area (Å²) >= 11 is 0. The Bertz CT molecular complexity index is 4840. The van der Waals surface area contributed by atoms with Gasteiger partial charge in [-0.1, -0.05) is 176 Å². The molecule has 0 saturated carbocycles. The lowest BCUT2D eigenvalue weighted by atomic mass is 9.67. The maximum Gasteiger partial charge on any atom is 0.227 e. The Morgan fingerprint density at radius 3 is 1.54 bits per heavy atom. The van der Waals surface area contributed by atoms with Crippen LogP contribution in [0.2, 0.25) is 39.3 Å². The molecule has 0 amide bonds. The third-order valence-electron chi connectivity index (χ3n) is 17.2. The zero-order valence-corrected chi connectivity index (χ0v) is 49.4. The number of benzene rings is 10. The van der Waals surface area contributed by atoms with Crippen LogP contribution in [0.15, 0.2) is 238 Å². The molecule has 0 radical (unpaired) electrons. The highest BCUT2D eigenvalue weighted by Crippen LogP contribution is 2.62. The van der Waals surface area contributed by atoms with Gasteiger partial charge in [0.1, 0.15) is 22.3 Å². The van der Waals surface area contributed by atoms with Gasteiger partial charge in [0, 0.05) is 73.4 Å². The molecule has 10 aromatic carbocycles. The van der Waals surface area contributed by atoms with Gasteiger partial charge in [-0.15, -0.1) is 0 Å². The number of aromatic nitrogens is 1. The second kappa shape index (κ2) is 18.4. The fourth-order valence-electron chi connectivity index (χ4n) is 13.2. The van der Waals surface area contributed by atoms with Crippen molar-refractivity contribution in [2.45, 2.75) is 58.5 Å². The molecule has 1 aliphatic carbocycles. The summed E-state index contributed by atoms with van der Waals surface area (Å²) in [5.74, 6) is 0. The predicted molar refractivity (Wildman–Crippen MR) is 348 cm³/mol. The number of rotatable bonds is 10. The maximum absolute atomic E-state index is 7.37. The van der Waals surface area contributed by atoms with E-state index >= 15 is 0 Å². The molecule has 0 fully saturated rings. The number of hydrogen-bond acceptors (Lipinski definition) is 6. The summed E-state index contributed by atoms with van der Waals surface area (Å²) in [7, 11) is -3.31. The molecule has 15 rings (SSSR count). The van der Waals surface area contributed by atoms with Gasteiger partial charge in [-0.2, -0.15) is 0 Å². The fourth-order valence-corrected chi connectivity index (χ4v) is 15.5. The molecule has 0 bridgehead atoms. The molecular formula is C74H61N3O3Si2. The minimum absolute atomic E-state index is 0.631. The number of fused-ring (bicyclic) bond motifs is 13. The molecule has 0 unspecified atom stereocenters. The van der Waals surface area contributed by atoms with Crippen molar-refractivity contribution < 1.29 is 13.3 Å². The number of furan rings is 3. The molecule has 4 aromatic heterocycles. The molecule has 1 aliphatic rings. The second-order valence-corrected chi connectivity index (χ2v) is 34.7. The molecular weight excluding hydrogens is 1040 g/mol. The van der Waals surface area contributed by atoms with E-state index in [-0.39, 0.29) is 0 Å². The highest BCUT2D eigenvalue weighted by molar-refractivity contribution is 6.89. The molecule has 8 heteroatoms. The highest BCUT2D eigenvalue weighted by Gasteiger charge is 2.49. The number of pyridine rings is 1. The second-order valence-electron chi connectivity index (χ2n) is 24.5. The average molecular weight is 1100 g/mol. The van der Waals surface area contributed by atoms with Crippen LogP contribution in [0.25, 0.3) is 77.1 Å². The monoisotopic (exact) mass is 1100 g/mol. The Morgan fingerprint density at radius 1 is 0.390 bits per heavy atom. The Kier molecular flexibility index (Phi) is 11.2. The van der Waals surface area contributed by atoms with Crippen molar-refractivity contribution in [1.29, 1.82) is 0 Å². The summed E-state index contributed by atoms with van der Waals surface area (Å²) in [4.78, 5) is 9.43. The van der Waals surface area contributed by atoms with Crippen molar-refractivity contribution in [3.63, 3.8) is 0 Å². The van der Waals surface area contributed by atoms with Crippen molar-refractivity contribution in [1.82, 2.24) is 4.98 Å². The third kappa shape index (κ3) is 7.76. The first-order chi connectivity index (χ1) is 39.7. The van der Waals surface area contributed by atoms with E-state index < -0.39 is 21.6 Å². The summed E-state index contributed by atoms with van der Waals surface area (Å²) in [5.41, 5.74) is 19.4.